The Balaban J connectivity index is 1.88. The van der Waals surface area contributed by atoms with Crippen molar-refractivity contribution in [2.45, 2.75) is 6.92 Å². The lowest BCUT2D eigenvalue weighted by Crippen LogP contribution is -2.00. The summed E-state index contributed by atoms with van der Waals surface area (Å²) in [5.74, 6) is 1.26. The number of aliphatic imine (C=N–C) groups is 1. The number of rotatable bonds is 1. The van der Waals surface area contributed by atoms with Gasteiger partial charge < -0.3 is 4.74 Å². The molecule has 2 heterocycles. The van der Waals surface area contributed by atoms with Crippen LogP contribution in [0.5, 0.6) is 11.6 Å². The molecule has 0 fully saturated rings. The number of hydrogen-bond donors (Lipinski definition) is 0. The van der Waals surface area contributed by atoms with Gasteiger partial charge in [-0.2, -0.15) is 9.78 Å². The van der Waals surface area contributed by atoms with Crippen molar-refractivity contribution in [2.75, 3.05) is 0 Å². The summed E-state index contributed by atoms with van der Waals surface area (Å²) in [5.41, 5.74) is 3.23. The predicted molar refractivity (Wildman–Crippen MR) is 92.1 cm³/mol. The number of benzene rings is 2. The first-order valence-electron chi connectivity index (χ1n) is 6.99. The summed E-state index contributed by atoms with van der Waals surface area (Å²) in [6.45, 7) is 1.92. The number of aromatic nitrogens is 2. The van der Waals surface area contributed by atoms with E-state index in [9.17, 15) is 0 Å². The molecular weight excluding hydrogens is 333 g/mol. The van der Waals surface area contributed by atoms with Crippen molar-refractivity contribution < 1.29 is 4.74 Å². The molecule has 2 aromatic carbocycles. The third kappa shape index (κ3) is 2.50. The van der Waals surface area contributed by atoms with Crippen molar-refractivity contribution in [1.29, 1.82) is 0 Å². The number of halogens is 2. The van der Waals surface area contributed by atoms with E-state index in [2.05, 4.69) is 10.1 Å². The predicted octanol–water partition coefficient (Wildman–Crippen LogP) is 5.34. The average molecular weight is 344 g/mol. The van der Waals surface area contributed by atoms with Gasteiger partial charge in [-0.1, -0.05) is 23.2 Å². The summed E-state index contributed by atoms with van der Waals surface area (Å²) in [6, 6.07) is 12.8. The highest BCUT2D eigenvalue weighted by atomic mass is 35.5. The number of ether oxygens (including phenoxy) is 1. The molecule has 0 saturated heterocycles. The second-order valence-electron chi connectivity index (χ2n) is 5.16. The van der Waals surface area contributed by atoms with Gasteiger partial charge in [0.05, 0.1) is 16.9 Å². The Morgan fingerprint density at radius 3 is 2.52 bits per heavy atom. The van der Waals surface area contributed by atoms with Crippen molar-refractivity contribution in [2.24, 2.45) is 4.99 Å². The van der Waals surface area contributed by atoms with Gasteiger partial charge in [-0.3, -0.25) is 4.99 Å². The maximum absolute atomic E-state index is 6.08. The van der Waals surface area contributed by atoms with E-state index in [-0.39, 0.29) is 0 Å². The van der Waals surface area contributed by atoms with Crippen LogP contribution in [0.4, 0.5) is 5.69 Å². The van der Waals surface area contributed by atoms with Crippen molar-refractivity contribution in [3.8, 4) is 17.3 Å². The molecule has 6 heteroatoms. The van der Waals surface area contributed by atoms with Crippen LogP contribution in [-0.4, -0.2) is 16.0 Å². The highest BCUT2D eigenvalue weighted by Gasteiger charge is 2.21. The zero-order valence-electron chi connectivity index (χ0n) is 12.1. The van der Waals surface area contributed by atoms with Gasteiger partial charge in [0.1, 0.15) is 5.69 Å². The van der Waals surface area contributed by atoms with Crippen molar-refractivity contribution >= 4 is 35.1 Å². The smallest absolute Gasteiger partial charge is 0.231 e. The van der Waals surface area contributed by atoms with E-state index < -0.39 is 0 Å². The second-order valence-corrected chi connectivity index (χ2v) is 6.04. The monoisotopic (exact) mass is 343 g/mol. The fraction of sp³-hybridized carbons (Fsp3) is 0.0588. The van der Waals surface area contributed by atoms with Crippen molar-refractivity contribution in [1.82, 2.24) is 9.78 Å². The molecule has 3 aromatic rings. The number of aryl methyl sites for hydroxylation is 1. The van der Waals surface area contributed by atoms with Gasteiger partial charge in [0.2, 0.25) is 5.88 Å². The van der Waals surface area contributed by atoms with Crippen molar-refractivity contribution in [3.05, 3.63) is 63.8 Å². The number of fused-ring (bicyclic) bond motifs is 2. The van der Waals surface area contributed by atoms with Crippen LogP contribution < -0.4 is 4.74 Å². The minimum Gasteiger partial charge on any atom is -0.436 e. The highest BCUT2D eigenvalue weighted by molar-refractivity contribution is 6.31. The normalized spacial score (nSPS) is 12.3. The molecule has 114 valence electrons. The van der Waals surface area contributed by atoms with Crippen LogP contribution in [0.2, 0.25) is 10.0 Å². The zero-order chi connectivity index (χ0) is 16.0. The minimum atomic E-state index is 0.617. The van der Waals surface area contributed by atoms with Crippen LogP contribution in [0, 0.1) is 6.92 Å². The van der Waals surface area contributed by atoms with E-state index in [0.717, 1.165) is 16.9 Å². The molecule has 0 saturated carbocycles. The molecular formula is C17H11Cl2N3O. The molecule has 4 nitrogen and oxygen atoms in total. The van der Waals surface area contributed by atoms with E-state index in [1.54, 1.807) is 29.1 Å². The molecule has 0 N–H and O–H groups in total. The highest BCUT2D eigenvalue weighted by Crippen LogP contribution is 2.39. The Hall–Kier alpha value is -2.30. The maximum atomic E-state index is 6.08. The van der Waals surface area contributed by atoms with Crippen LogP contribution in [-0.2, 0) is 0 Å². The SMILES string of the molecule is Cc1nn(-c2ccc(Cl)cc2)c2c1C=Nc1cc(Cl)ccc1O2. The molecule has 1 aliphatic heterocycles. The first-order valence-corrected chi connectivity index (χ1v) is 7.74. The molecule has 0 spiro atoms. The maximum Gasteiger partial charge on any atom is 0.231 e. The topological polar surface area (TPSA) is 39.4 Å². The zero-order valence-corrected chi connectivity index (χ0v) is 13.6. The van der Waals surface area contributed by atoms with Gasteiger partial charge in [-0.05, 0) is 49.4 Å². The van der Waals surface area contributed by atoms with Gasteiger partial charge in [-0.25, -0.2) is 0 Å². The molecule has 0 atom stereocenters. The quantitative estimate of drug-likeness (QED) is 0.467. The lowest BCUT2D eigenvalue weighted by atomic mass is 10.2. The van der Waals surface area contributed by atoms with Gasteiger partial charge in [0.25, 0.3) is 0 Å². The third-order valence-electron chi connectivity index (χ3n) is 3.59. The first kappa shape index (κ1) is 14.3. The summed E-state index contributed by atoms with van der Waals surface area (Å²) in [5, 5.41) is 5.85. The molecule has 0 aliphatic carbocycles. The van der Waals surface area contributed by atoms with E-state index in [1.807, 2.05) is 31.2 Å². The largest absolute Gasteiger partial charge is 0.436 e. The molecule has 0 bridgehead atoms. The minimum absolute atomic E-state index is 0.617. The van der Waals surface area contributed by atoms with E-state index >= 15 is 0 Å². The van der Waals surface area contributed by atoms with Crippen LogP contribution in [0.1, 0.15) is 11.3 Å². The molecule has 4 rings (SSSR count). The number of nitrogens with zero attached hydrogens (tertiary/aromatic N) is 3. The summed E-state index contributed by atoms with van der Waals surface area (Å²) in [4.78, 5) is 4.46. The lowest BCUT2D eigenvalue weighted by molar-refractivity contribution is 0.446. The molecule has 0 radical (unpaired) electrons. The van der Waals surface area contributed by atoms with Crippen LogP contribution in [0.25, 0.3) is 5.69 Å². The van der Waals surface area contributed by atoms with Crippen molar-refractivity contribution in [3.63, 3.8) is 0 Å². The lowest BCUT2D eigenvalue weighted by Gasteiger charge is -2.10. The van der Waals surface area contributed by atoms with Gasteiger partial charge >= 0.3 is 0 Å². The fourth-order valence-corrected chi connectivity index (χ4v) is 2.73. The first-order chi connectivity index (χ1) is 11.1. The van der Waals surface area contributed by atoms with Gasteiger partial charge in [0.15, 0.2) is 5.75 Å². The van der Waals surface area contributed by atoms with Crippen LogP contribution in [0.15, 0.2) is 47.5 Å². The van der Waals surface area contributed by atoms with E-state index in [4.69, 9.17) is 27.9 Å². The van der Waals surface area contributed by atoms with Crippen LogP contribution in [0.3, 0.4) is 0 Å². The Morgan fingerprint density at radius 2 is 1.74 bits per heavy atom. The summed E-state index contributed by atoms with van der Waals surface area (Å²) in [6.07, 6.45) is 1.76. The number of hydrogen-bond acceptors (Lipinski definition) is 3. The Kier molecular flexibility index (Phi) is 3.36. The molecule has 0 amide bonds. The Bertz CT molecular complexity index is 930. The summed E-state index contributed by atoms with van der Waals surface area (Å²) < 4.78 is 7.82. The molecule has 1 aliphatic rings. The molecule has 0 unspecified atom stereocenters. The van der Waals surface area contributed by atoms with Gasteiger partial charge in [0, 0.05) is 16.3 Å². The van der Waals surface area contributed by atoms with Gasteiger partial charge in [-0.15, -0.1) is 0 Å². The standard InChI is InChI=1S/C17H11Cl2N3O/c1-10-14-9-20-15-8-12(19)4-7-16(15)23-17(14)22(21-10)13-5-2-11(18)3-6-13/h2-9H,1H3. The Morgan fingerprint density at radius 1 is 1.00 bits per heavy atom. The third-order valence-corrected chi connectivity index (χ3v) is 4.08. The average Bonchev–Trinajstić information content (AvgIpc) is 2.73. The second kappa shape index (κ2) is 5.41. The summed E-state index contributed by atoms with van der Waals surface area (Å²) in [7, 11) is 0. The molecule has 1 aromatic heterocycles. The fourth-order valence-electron chi connectivity index (χ4n) is 2.44. The van der Waals surface area contributed by atoms with E-state index in [1.165, 1.54) is 0 Å². The van der Waals surface area contributed by atoms with E-state index in [0.29, 0.717) is 27.4 Å². The molecule has 23 heavy (non-hydrogen) atoms. The van der Waals surface area contributed by atoms with Crippen LogP contribution >= 0.6 is 23.2 Å². The summed E-state index contributed by atoms with van der Waals surface area (Å²) >= 11 is 12.0. The Labute approximate surface area is 142 Å².